The second-order valence-electron chi connectivity index (χ2n) is 6.75. The van der Waals surface area contributed by atoms with Crippen molar-refractivity contribution in [3.63, 3.8) is 0 Å². The van der Waals surface area contributed by atoms with E-state index in [2.05, 4.69) is 15.3 Å². The van der Waals surface area contributed by atoms with Gasteiger partial charge in [-0.25, -0.2) is 14.4 Å². The Labute approximate surface area is 167 Å². The number of rotatable bonds is 6. The first-order chi connectivity index (χ1) is 14.1. The van der Waals surface area contributed by atoms with Crippen LogP contribution in [0.15, 0.2) is 79.6 Å². The molecule has 4 aromatic rings. The van der Waals surface area contributed by atoms with E-state index in [-0.39, 0.29) is 11.7 Å². The first-order valence-electron chi connectivity index (χ1n) is 9.19. The highest BCUT2D eigenvalue weighted by Crippen LogP contribution is 2.22. The van der Waals surface area contributed by atoms with Crippen LogP contribution < -0.4 is 5.32 Å². The molecule has 0 aliphatic rings. The number of carbonyl (C=O) groups excluding carboxylic acids is 1. The van der Waals surface area contributed by atoms with Gasteiger partial charge in [0.05, 0.1) is 6.33 Å². The maximum atomic E-state index is 13.4. The Balaban J connectivity index is 1.65. The molecule has 0 unspecified atom stereocenters. The molecule has 0 saturated carbocycles. The molecule has 29 heavy (non-hydrogen) atoms. The summed E-state index contributed by atoms with van der Waals surface area (Å²) in [5.41, 5.74) is 2.20. The fourth-order valence-electron chi connectivity index (χ4n) is 3.27. The molecular weight excluding hydrogens is 369 g/mol. The molecule has 2 heterocycles. The molecule has 6 nitrogen and oxygen atoms in total. The molecule has 1 N–H and O–H groups in total. The van der Waals surface area contributed by atoms with Gasteiger partial charge in [0, 0.05) is 43.9 Å². The molecule has 4 rings (SSSR count). The lowest BCUT2D eigenvalue weighted by molar-refractivity contribution is 0.0940. The number of hydrogen-bond acceptors (Lipinski definition) is 3. The minimum absolute atomic E-state index is 0.224. The zero-order valence-corrected chi connectivity index (χ0v) is 15.9. The average Bonchev–Trinajstić information content (AvgIpc) is 3.39. The van der Waals surface area contributed by atoms with E-state index in [1.54, 1.807) is 36.9 Å². The van der Waals surface area contributed by atoms with Crippen LogP contribution in [0.3, 0.4) is 0 Å². The number of imidazole rings is 2. The summed E-state index contributed by atoms with van der Waals surface area (Å²) in [6.45, 7) is 0.535. The number of nitrogens with zero attached hydrogens (tertiary/aromatic N) is 4. The lowest BCUT2D eigenvalue weighted by Crippen LogP contribution is -2.32. The van der Waals surface area contributed by atoms with Crippen molar-refractivity contribution < 1.29 is 9.18 Å². The van der Waals surface area contributed by atoms with E-state index in [1.807, 2.05) is 46.8 Å². The van der Waals surface area contributed by atoms with Crippen LogP contribution >= 0.6 is 0 Å². The third kappa shape index (κ3) is 4.08. The van der Waals surface area contributed by atoms with E-state index in [4.69, 9.17) is 0 Å². The largest absolute Gasteiger partial charge is 0.338 e. The molecular formula is C22H20FN5O. The molecule has 0 bridgehead atoms. The number of halogens is 1. The summed E-state index contributed by atoms with van der Waals surface area (Å²) in [4.78, 5) is 21.6. The summed E-state index contributed by atoms with van der Waals surface area (Å²) in [6.07, 6.45) is 8.75. The number of carbonyl (C=O) groups is 1. The molecule has 0 fully saturated rings. The number of nitrogens with one attached hydrogen (secondary N) is 1. The second-order valence-corrected chi connectivity index (χ2v) is 6.75. The quantitative estimate of drug-likeness (QED) is 0.550. The maximum Gasteiger partial charge on any atom is 0.252 e. The Morgan fingerprint density at radius 2 is 1.90 bits per heavy atom. The number of hydrogen-bond donors (Lipinski definition) is 1. The van der Waals surface area contributed by atoms with Crippen LogP contribution in [0.25, 0.3) is 0 Å². The first kappa shape index (κ1) is 18.6. The van der Waals surface area contributed by atoms with Gasteiger partial charge in [0.1, 0.15) is 17.7 Å². The Morgan fingerprint density at radius 3 is 2.59 bits per heavy atom. The van der Waals surface area contributed by atoms with Crippen molar-refractivity contribution in [3.8, 4) is 0 Å². The minimum Gasteiger partial charge on any atom is -0.338 e. The monoisotopic (exact) mass is 389 g/mol. The van der Waals surface area contributed by atoms with Gasteiger partial charge < -0.3 is 14.5 Å². The van der Waals surface area contributed by atoms with Crippen LogP contribution in [-0.2, 0) is 13.6 Å². The van der Waals surface area contributed by atoms with E-state index >= 15 is 0 Å². The SMILES string of the molecule is Cn1ccnc1[C@H](NC(=O)c1ccccc1Cn1ccnc1)c1ccc(F)cc1. The summed E-state index contributed by atoms with van der Waals surface area (Å²) in [6, 6.07) is 13.0. The predicted molar refractivity (Wildman–Crippen MR) is 107 cm³/mol. The van der Waals surface area contributed by atoms with Crippen LogP contribution in [-0.4, -0.2) is 25.0 Å². The van der Waals surface area contributed by atoms with Crippen molar-refractivity contribution in [3.05, 3.63) is 108 Å². The highest BCUT2D eigenvalue weighted by Gasteiger charge is 2.22. The highest BCUT2D eigenvalue weighted by atomic mass is 19.1. The minimum atomic E-state index is -0.510. The van der Waals surface area contributed by atoms with Gasteiger partial charge in [0.25, 0.3) is 5.91 Å². The van der Waals surface area contributed by atoms with Crippen LogP contribution in [0, 0.1) is 5.82 Å². The fraction of sp³-hybridized carbons (Fsp3) is 0.136. The number of amides is 1. The molecule has 0 radical (unpaired) electrons. The Kier molecular flexibility index (Phi) is 5.20. The van der Waals surface area contributed by atoms with Crippen molar-refractivity contribution >= 4 is 5.91 Å². The van der Waals surface area contributed by atoms with Gasteiger partial charge in [-0.05, 0) is 29.3 Å². The first-order valence-corrected chi connectivity index (χ1v) is 9.19. The average molecular weight is 389 g/mol. The highest BCUT2D eigenvalue weighted by molar-refractivity contribution is 5.96. The van der Waals surface area contributed by atoms with E-state index in [9.17, 15) is 9.18 Å². The standard InChI is InChI=1S/C22H20FN5O/c1-27-12-11-25-21(27)20(16-6-8-18(23)9-7-16)26-22(29)19-5-3-2-4-17(19)14-28-13-10-24-15-28/h2-13,15,20H,14H2,1H3,(H,26,29)/t20-/m1/s1. The topological polar surface area (TPSA) is 64.7 Å². The van der Waals surface area contributed by atoms with E-state index in [0.29, 0.717) is 17.9 Å². The Bertz CT molecular complexity index is 1100. The van der Waals surface area contributed by atoms with Crippen LogP contribution in [0.2, 0.25) is 0 Å². The predicted octanol–water partition coefficient (Wildman–Crippen LogP) is 3.32. The molecule has 7 heteroatoms. The third-order valence-electron chi connectivity index (χ3n) is 4.77. The van der Waals surface area contributed by atoms with Gasteiger partial charge in [-0.1, -0.05) is 30.3 Å². The van der Waals surface area contributed by atoms with Crippen molar-refractivity contribution in [2.24, 2.45) is 7.05 Å². The molecule has 2 aromatic heterocycles. The lowest BCUT2D eigenvalue weighted by atomic mass is 10.0. The molecule has 0 spiro atoms. The molecule has 1 amide bonds. The van der Waals surface area contributed by atoms with Crippen molar-refractivity contribution in [2.45, 2.75) is 12.6 Å². The fourth-order valence-corrected chi connectivity index (χ4v) is 3.27. The molecule has 0 aliphatic carbocycles. The molecule has 0 saturated heterocycles. The number of aromatic nitrogens is 4. The summed E-state index contributed by atoms with van der Waals surface area (Å²) in [7, 11) is 1.86. The normalized spacial score (nSPS) is 11.9. The van der Waals surface area contributed by atoms with Crippen LogP contribution in [0.1, 0.15) is 33.4 Å². The van der Waals surface area contributed by atoms with Gasteiger partial charge in [0.15, 0.2) is 0 Å². The Hall–Kier alpha value is -3.74. The second kappa shape index (κ2) is 8.10. The van der Waals surface area contributed by atoms with E-state index in [0.717, 1.165) is 11.1 Å². The van der Waals surface area contributed by atoms with E-state index < -0.39 is 6.04 Å². The molecule has 1 atom stereocenters. The van der Waals surface area contributed by atoms with Gasteiger partial charge in [-0.3, -0.25) is 4.79 Å². The summed E-state index contributed by atoms with van der Waals surface area (Å²) >= 11 is 0. The van der Waals surface area contributed by atoms with Crippen molar-refractivity contribution in [1.82, 2.24) is 24.4 Å². The van der Waals surface area contributed by atoms with Crippen LogP contribution in [0.5, 0.6) is 0 Å². The van der Waals surface area contributed by atoms with Crippen LogP contribution in [0.4, 0.5) is 4.39 Å². The van der Waals surface area contributed by atoms with Gasteiger partial charge in [0.2, 0.25) is 0 Å². The van der Waals surface area contributed by atoms with Gasteiger partial charge in [-0.15, -0.1) is 0 Å². The smallest absolute Gasteiger partial charge is 0.252 e. The molecule has 2 aromatic carbocycles. The van der Waals surface area contributed by atoms with E-state index in [1.165, 1.54) is 12.1 Å². The summed E-state index contributed by atoms with van der Waals surface area (Å²) in [5.74, 6) is 0.111. The zero-order chi connectivity index (χ0) is 20.2. The summed E-state index contributed by atoms with van der Waals surface area (Å²) in [5, 5.41) is 3.06. The third-order valence-corrected chi connectivity index (χ3v) is 4.77. The number of aryl methyl sites for hydroxylation is 1. The van der Waals surface area contributed by atoms with Crippen molar-refractivity contribution in [2.75, 3.05) is 0 Å². The zero-order valence-electron chi connectivity index (χ0n) is 15.9. The number of benzene rings is 2. The molecule has 0 aliphatic heterocycles. The van der Waals surface area contributed by atoms with Gasteiger partial charge >= 0.3 is 0 Å². The van der Waals surface area contributed by atoms with Gasteiger partial charge in [-0.2, -0.15) is 0 Å². The Morgan fingerprint density at radius 1 is 1.10 bits per heavy atom. The summed E-state index contributed by atoms with van der Waals surface area (Å²) < 4.78 is 17.2. The molecule has 146 valence electrons. The lowest BCUT2D eigenvalue weighted by Gasteiger charge is -2.20. The van der Waals surface area contributed by atoms with Crippen molar-refractivity contribution in [1.29, 1.82) is 0 Å². The maximum absolute atomic E-state index is 13.4.